The van der Waals surface area contributed by atoms with Crippen molar-refractivity contribution in [1.82, 2.24) is 19.1 Å². The summed E-state index contributed by atoms with van der Waals surface area (Å²) in [6.45, 7) is 6.16. The van der Waals surface area contributed by atoms with Gasteiger partial charge in [0.1, 0.15) is 23.7 Å². The van der Waals surface area contributed by atoms with Gasteiger partial charge in [-0.2, -0.15) is 5.10 Å². The highest BCUT2D eigenvalue weighted by molar-refractivity contribution is 5.87. The summed E-state index contributed by atoms with van der Waals surface area (Å²) in [6.07, 6.45) is 0. The van der Waals surface area contributed by atoms with Crippen LogP contribution >= 0.6 is 0 Å². The normalized spacial score (nSPS) is 14.5. The average molecular weight is 433 g/mol. The molecule has 4 aromatic rings. The molecule has 8 heteroatoms. The van der Waals surface area contributed by atoms with Crippen LogP contribution in [0.1, 0.15) is 11.4 Å². The second-order valence-corrected chi connectivity index (χ2v) is 8.28. The van der Waals surface area contributed by atoms with Gasteiger partial charge in [-0.25, -0.2) is 9.07 Å². The Morgan fingerprint density at radius 3 is 2.41 bits per heavy atom. The lowest BCUT2D eigenvalue weighted by molar-refractivity contribution is -0.132. The number of nitrogens with zero attached hydrogens (tertiary/aromatic N) is 5. The standard InChI is InChI=1S/C24H24FN5O2/c1-16-3-8-21-18(13-16)14-22-24(32)29(26-17(2)30(21)22)15-23(31)28-11-9-27(10-12-28)20-6-4-19(25)5-7-20/h3-8,13-14H,9-12,15H2,1-2H3. The number of halogens is 1. The summed E-state index contributed by atoms with van der Waals surface area (Å²) in [5.74, 6) is 0.264. The molecule has 1 saturated heterocycles. The van der Waals surface area contributed by atoms with Crippen LogP contribution in [0.2, 0.25) is 0 Å². The minimum Gasteiger partial charge on any atom is -0.368 e. The Bertz CT molecular complexity index is 1380. The maximum atomic E-state index is 13.2. The van der Waals surface area contributed by atoms with Crippen LogP contribution in [0.5, 0.6) is 0 Å². The van der Waals surface area contributed by atoms with E-state index in [-0.39, 0.29) is 23.8 Å². The Balaban J connectivity index is 1.35. The number of carbonyl (C=O) groups is 1. The van der Waals surface area contributed by atoms with Gasteiger partial charge in [-0.15, -0.1) is 0 Å². The molecule has 32 heavy (non-hydrogen) atoms. The second-order valence-electron chi connectivity index (χ2n) is 8.28. The number of piperazine rings is 1. The Hall–Kier alpha value is -3.68. The minimum atomic E-state index is -0.275. The first-order valence-corrected chi connectivity index (χ1v) is 10.7. The van der Waals surface area contributed by atoms with E-state index in [1.54, 1.807) is 17.0 Å². The van der Waals surface area contributed by atoms with Gasteiger partial charge in [-0.1, -0.05) is 11.6 Å². The largest absolute Gasteiger partial charge is 0.368 e. The predicted octanol–water partition coefficient (Wildman–Crippen LogP) is 2.75. The van der Waals surface area contributed by atoms with Crippen molar-refractivity contribution in [3.63, 3.8) is 0 Å². The van der Waals surface area contributed by atoms with Crippen molar-refractivity contribution in [3.8, 4) is 0 Å². The molecule has 0 N–H and O–H groups in total. The average Bonchev–Trinajstić information content (AvgIpc) is 3.17. The van der Waals surface area contributed by atoms with E-state index in [2.05, 4.69) is 10.00 Å². The third-order valence-electron chi connectivity index (χ3n) is 6.11. The van der Waals surface area contributed by atoms with Crippen LogP contribution in [0.3, 0.4) is 0 Å². The zero-order valence-corrected chi connectivity index (χ0v) is 18.1. The number of benzene rings is 2. The smallest absolute Gasteiger partial charge is 0.291 e. The Morgan fingerprint density at radius 1 is 0.969 bits per heavy atom. The van der Waals surface area contributed by atoms with Gasteiger partial charge in [0.05, 0.1) is 5.52 Å². The van der Waals surface area contributed by atoms with Crippen molar-refractivity contribution in [2.24, 2.45) is 0 Å². The molecule has 1 amide bonds. The number of amides is 1. The van der Waals surface area contributed by atoms with Gasteiger partial charge < -0.3 is 9.80 Å². The monoisotopic (exact) mass is 433 g/mol. The maximum Gasteiger partial charge on any atom is 0.291 e. The van der Waals surface area contributed by atoms with E-state index in [1.165, 1.54) is 16.8 Å². The number of rotatable bonds is 3. The van der Waals surface area contributed by atoms with Crippen LogP contribution in [0, 0.1) is 19.7 Å². The number of aryl methyl sites for hydroxylation is 2. The number of hydrogen-bond acceptors (Lipinski definition) is 4. The summed E-state index contributed by atoms with van der Waals surface area (Å²) in [4.78, 5) is 29.9. The highest BCUT2D eigenvalue weighted by Crippen LogP contribution is 2.21. The Kier molecular flexibility index (Phi) is 4.92. The third-order valence-corrected chi connectivity index (χ3v) is 6.11. The van der Waals surface area contributed by atoms with E-state index < -0.39 is 0 Å². The van der Waals surface area contributed by atoms with Crippen molar-refractivity contribution in [3.05, 3.63) is 76.1 Å². The molecule has 1 aliphatic rings. The van der Waals surface area contributed by atoms with Gasteiger partial charge in [-0.3, -0.25) is 14.0 Å². The molecule has 2 aromatic carbocycles. The molecule has 2 aromatic heterocycles. The first-order chi connectivity index (χ1) is 15.4. The van der Waals surface area contributed by atoms with E-state index in [0.29, 0.717) is 37.5 Å². The van der Waals surface area contributed by atoms with Gasteiger partial charge in [0.15, 0.2) is 0 Å². The van der Waals surface area contributed by atoms with Crippen molar-refractivity contribution in [2.75, 3.05) is 31.1 Å². The van der Waals surface area contributed by atoms with E-state index in [0.717, 1.165) is 22.2 Å². The van der Waals surface area contributed by atoms with Gasteiger partial charge in [-0.05, 0) is 56.3 Å². The van der Waals surface area contributed by atoms with E-state index in [1.807, 2.05) is 42.5 Å². The van der Waals surface area contributed by atoms with Crippen molar-refractivity contribution >= 4 is 28.0 Å². The quantitative estimate of drug-likeness (QED) is 0.499. The Morgan fingerprint density at radius 2 is 1.69 bits per heavy atom. The lowest BCUT2D eigenvalue weighted by Gasteiger charge is -2.36. The highest BCUT2D eigenvalue weighted by atomic mass is 19.1. The summed E-state index contributed by atoms with van der Waals surface area (Å²) in [5, 5.41) is 5.40. The molecule has 0 atom stereocenters. The zero-order chi connectivity index (χ0) is 22.4. The summed E-state index contributed by atoms with van der Waals surface area (Å²) in [7, 11) is 0. The predicted molar refractivity (Wildman–Crippen MR) is 122 cm³/mol. The molecule has 0 radical (unpaired) electrons. The van der Waals surface area contributed by atoms with Gasteiger partial charge in [0.25, 0.3) is 5.56 Å². The van der Waals surface area contributed by atoms with Gasteiger partial charge in [0, 0.05) is 37.3 Å². The second kappa shape index (κ2) is 7.78. The molecule has 1 aliphatic heterocycles. The summed E-state index contributed by atoms with van der Waals surface area (Å²) in [6, 6.07) is 14.3. The van der Waals surface area contributed by atoms with Crippen LogP contribution in [0.4, 0.5) is 10.1 Å². The van der Waals surface area contributed by atoms with E-state index in [4.69, 9.17) is 0 Å². The fourth-order valence-corrected chi connectivity index (χ4v) is 4.44. The highest BCUT2D eigenvalue weighted by Gasteiger charge is 2.23. The summed E-state index contributed by atoms with van der Waals surface area (Å²) in [5.41, 5.74) is 3.24. The number of aromatic nitrogens is 3. The van der Waals surface area contributed by atoms with Crippen LogP contribution in [0.15, 0.2) is 53.3 Å². The minimum absolute atomic E-state index is 0.0900. The third kappa shape index (κ3) is 3.51. The topological polar surface area (TPSA) is 62.9 Å². The van der Waals surface area contributed by atoms with E-state index in [9.17, 15) is 14.0 Å². The molecule has 7 nitrogen and oxygen atoms in total. The number of carbonyl (C=O) groups excluding carboxylic acids is 1. The van der Waals surface area contributed by atoms with Crippen molar-refractivity contribution < 1.29 is 9.18 Å². The van der Waals surface area contributed by atoms with E-state index >= 15 is 0 Å². The number of hydrogen-bond donors (Lipinski definition) is 0. The molecular formula is C24H24FN5O2. The summed E-state index contributed by atoms with van der Waals surface area (Å²) >= 11 is 0. The van der Waals surface area contributed by atoms with Crippen molar-refractivity contribution in [2.45, 2.75) is 20.4 Å². The molecule has 3 heterocycles. The van der Waals surface area contributed by atoms with Crippen LogP contribution < -0.4 is 10.5 Å². The molecular weight excluding hydrogens is 409 g/mol. The van der Waals surface area contributed by atoms with Crippen LogP contribution in [0.25, 0.3) is 16.4 Å². The number of anilines is 1. The Labute approximate surface area is 184 Å². The van der Waals surface area contributed by atoms with Crippen molar-refractivity contribution in [1.29, 1.82) is 0 Å². The van der Waals surface area contributed by atoms with Crippen LogP contribution in [-0.2, 0) is 11.3 Å². The van der Waals surface area contributed by atoms with Crippen LogP contribution in [-0.4, -0.2) is 51.2 Å². The molecule has 0 aliphatic carbocycles. The first-order valence-electron chi connectivity index (χ1n) is 10.7. The lowest BCUT2D eigenvalue weighted by atomic mass is 10.2. The zero-order valence-electron chi connectivity index (χ0n) is 18.1. The van der Waals surface area contributed by atoms with Gasteiger partial charge in [0.2, 0.25) is 5.91 Å². The molecule has 0 spiro atoms. The SMILES string of the molecule is Cc1ccc2c(c1)cc1c(=O)n(CC(=O)N3CCN(c4ccc(F)cc4)CC3)nc(C)n12. The molecule has 0 bridgehead atoms. The fraction of sp³-hybridized carbons (Fsp3) is 0.292. The fourth-order valence-electron chi connectivity index (χ4n) is 4.44. The molecule has 0 saturated carbocycles. The lowest BCUT2D eigenvalue weighted by Crippen LogP contribution is -2.50. The molecule has 5 rings (SSSR count). The molecule has 1 fully saturated rings. The maximum absolute atomic E-state index is 13.2. The molecule has 0 unspecified atom stereocenters. The molecule has 164 valence electrons. The summed E-state index contributed by atoms with van der Waals surface area (Å²) < 4.78 is 16.3. The van der Waals surface area contributed by atoms with Gasteiger partial charge >= 0.3 is 0 Å². The first kappa shape index (κ1) is 20.2. The number of fused-ring (bicyclic) bond motifs is 3.